The van der Waals surface area contributed by atoms with Gasteiger partial charge in [-0.2, -0.15) is 0 Å². The van der Waals surface area contributed by atoms with Crippen LogP contribution in [0.1, 0.15) is 19.8 Å². The number of piperazine rings is 1. The number of rotatable bonds is 6. The van der Waals surface area contributed by atoms with Crippen molar-refractivity contribution in [1.29, 1.82) is 0 Å². The van der Waals surface area contributed by atoms with E-state index in [1.807, 2.05) is 0 Å². The van der Waals surface area contributed by atoms with Gasteiger partial charge in [0.2, 0.25) is 0 Å². The standard InChI is InChI=1S/C12H23N3O2/c1-2-14-5-7-15(8-6-14)9-11(12(16)17)13-10-3-4-10/h10-11,13H,2-9H2,1H3,(H,16,17). The molecular weight excluding hydrogens is 218 g/mol. The normalized spacial score (nSPS) is 24.8. The Labute approximate surface area is 103 Å². The number of nitrogens with zero attached hydrogens (tertiary/aromatic N) is 2. The summed E-state index contributed by atoms with van der Waals surface area (Å²) in [5.41, 5.74) is 0. The third-order valence-corrected chi connectivity index (χ3v) is 3.67. The van der Waals surface area contributed by atoms with Crippen molar-refractivity contribution in [3.8, 4) is 0 Å². The zero-order chi connectivity index (χ0) is 12.3. The molecule has 2 rings (SSSR count). The average Bonchev–Trinajstić information content (AvgIpc) is 3.13. The number of nitrogens with one attached hydrogen (secondary N) is 1. The lowest BCUT2D eigenvalue weighted by molar-refractivity contribution is -0.140. The fourth-order valence-corrected chi connectivity index (χ4v) is 2.28. The van der Waals surface area contributed by atoms with Crippen molar-refractivity contribution in [3.05, 3.63) is 0 Å². The van der Waals surface area contributed by atoms with Gasteiger partial charge >= 0.3 is 5.97 Å². The molecule has 1 aliphatic carbocycles. The van der Waals surface area contributed by atoms with Crippen LogP contribution in [0.15, 0.2) is 0 Å². The Morgan fingerprint density at radius 3 is 2.35 bits per heavy atom. The van der Waals surface area contributed by atoms with Crippen LogP contribution in [0.4, 0.5) is 0 Å². The van der Waals surface area contributed by atoms with Crippen LogP contribution in [-0.4, -0.2) is 72.2 Å². The number of likely N-dealkylation sites (N-methyl/N-ethyl adjacent to an activating group) is 1. The van der Waals surface area contributed by atoms with Gasteiger partial charge in [-0.15, -0.1) is 0 Å². The Balaban J connectivity index is 1.75. The molecule has 2 N–H and O–H groups in total. The summed E-state index contributed by atoms with van der Waals surface area (Å²) in [4.78, 5) is 15.8. The van der Waals surface area contributed by atoms with Crippen molar-refractivity contribution in [1.82, 2.24) is 15.1 Å². The van der Waals surface area contributed by atoms with Crippen LogP contribution in [-0.2, 0) is 4.79 Å². The van der Waals surface area contributed by atoms with Gasteiger partial charge in [0.15, 0.2) is 0 Å². The van der Waals surface area contributed by atoms with Gasteiger partial charge in [-0.25, -0.2) is 0 Å². The summed E-state index contributed by atoms with van der Waals surface area (Å²) in [6.45, 7) is 8.01. The zero-order valence-corrected chi connectivity index (χ0v) is 10.6. The highest BCUT2D eigenvalue weighted by Gasteiger charge is 2.30. The second-order valence-corrected chi connectivity index (χ2v) is 5.07. The molecule has 0 aromatic carbocycles. The predicted molar refractivity (Wildman–Crippen MR) is 66.1 cm³/mol. The summed E-state index contributed by atoms with van der Waals surface area (Å²) in [6.07, 6.45) is 2.26. The van der Waals surface area contributed by atoms with Crippen LogP contribution in [0.3, 0.4) is 0 Å². The van der Waals surface area contributed by atoms with E-state index >= 15 is 0 Å². The third kappa shape index (κ3) is 3.94. The molecule has 0 aromatic heterocycles. The summed E-state index contributed by atoms with van der Waals surface area (Å²) in [7, 11) is 0. The molecule has 17 heavy (non-hydrogen) atoms. The third-order valence-electron chi connectivity index (χ3n) is 3.67. The molecule has 1 aliphatic heterocycles. The lowest BCUT2D eigenvalue weighted by Crippen LogP contribution is -2.53. The summed E-state index contributed by atoms with van der Waals surface area (Å²) >= 11 is 0. The van der Waals surface area contributed by atoms with E-state index < -0.39 is 12.0 Å². The fraction of sp³-hybridized carbons (Fsp3) is 0.917. The topological polar surface area (TPSA) is 55.8 Å². The van der Waals surface area contributed by atoms with E-state index in [1.54, 1.807) is 0 Å². The number of hydrogen-bond donors (Lipinski definition) is 2. The van der Waals surface area contributed by atoms with Gasteiger partial charge in [0.25, 0.3) is 0 Å². The van der Waals surface area contributed by atoms with Crippen LogP contribution in [0.5, 0.6) is 0 Å². The molecule has 5 nitrogen and oxygen atoms in total. The molecular formula is C12H23N3O2. The van der Waals surface area contributed by atoms with Gasteiger partial charge in [-0.05, 0) is 19.4 Å². The first-order valence-electron chi connectivity index (χ1n) is 6.62. The molecule has 0 spiro atoms. The monoisotopic (exact) mass is 241 g/mol. The molecule has 1 atom stereocenters. The van der Waals surface area contributed by atoms with Gasteiger partial charge in [0.1, 0.15) is 6.04 Å². The van der Waals surface area contributed by atoms with Gasteiger partial charge in [0.05, 0.1) is 0 Å². The highest BCUT2D eigenvalue weighted by atomic mass is 16.4. The first kappa shape index (κ1) is 12.8. The van der Waals surface area contributed by atoms with E-state index in [1.165, 1.54) is 0 Å². The molecule has 0 bridgehead atoms. The maximum absolute atomic E-state index is 11.2. The molecule has 0 aromatic rings. The Kier molecular flexibility index (Phi) is 4.36. The van der Waals surface area contributed by atoms with Crippen LogP contribution in [0.25, 0.3) is 0 Å². The maximum Gasteiger partial charge on any atom is 0.322 e. The van der Waals surface area contributed by atoms with Crippen molar-refractivity contribution in [2.24, 2.45) is 0 Å². The van der Waals surface area contributed by atoms with Crippen molar-refractivity contribution < 1.29 is 9.90 Å². The maximum atomic E-state index is 11.2. The molecule has 2 aliphatic rings. The Bertz CT molecular complexity index is 260. The number of aliphatic carboxylic acids is 1. The molecule has 5 heteroatoms. The molecule has 1 saturated heterocycles. The molecule has 98 valence electrons. The average molecular weight is 241 g/mol. The number of carboxylic acid groups (broad SMARTS) is 1. The van der Waals surface area contributed by atoms with E-state index in [-0.39, 0.29) is 0 Å². The molecule has 0 radical (unpaired) electrons. The highest BCUT2D eigenvalue weighted by molar-refractivity contribution is 5.73. The van der Waals surface area contributed by atoms with Crippen LogP contribution in [0, 0.1) is 0 Å². The lowest BCUT2D eigenvalue weighted by atomic mass is 10.2. The van der Waals surface area contributed by atoms with Gasteiger partial charge in [0, 0.05) is 38.8 Å². The smallest absolute Gasteiger partial charge is 0.322 e. The summed E-state index contributed by atoms with van der Waals surface area (Å²) in [5, 5.41) is 12.4. The van der Waals surface area contributed by atoms with Crippen molar-refractivity contribution in [2.45, 2.75) is 31.8 Å². The minimum absolute atomic E-state index is 0.393. The summed E-state index contributed by atoms with van der Waals surface area (Å²) in [5.74, 6) is -0.713. The molecule has 0 amide bonds. The minimum Gasteiger partial charge on any atom is -0.480 e. The highest BCUT2D eigenvalue weighted by Crippen LogP contribution is 2.19. The summed E-state index contributed by atoms with van der Waals surface area (Å²) in [6, 6.07) is 0.0590. The Hall–Kier alpha value is -0.650. The predicted octanol–water partition coefficient (Wildman–Crippen LogP) is -0.171. The lowest BCUT2D eigenvalue weighted by Gasteiger charge is -2.35. The van der Waals surface area contributed by atoms with E-state index in [2.05, 4.69) is 22.0 Å². The van der Waals surface area contributed by atoms with Crippen LogP contribution >= 0.6 is 0 Å². The molecule has 2 fully saturated rings. The van der Waals surface area contributed by atoms with E-state index in [0.717, 1.165) is 45.6 Å². The molecule has 1 saturated carbocycles. The number of carboxylic acids is 1. The second-order valence-electron chi connectivity index (χ2n) is 5.07. The number of hydrogen-bond acceptors (Lipinski definition) is 4. The van der Waals surface area contributed by atoms with Gasteiger partial charge < -0.3 is 15.3 Å². The number of carbonyl (C=O) groups is 1. The second kappa shape index (κ2) is 5.80. The van der Waals surface area contributed by atoms with E-state index in [4.69, 9.17) is 0 Å². The quantitative estimate of drug-likeness (QED) is 0.676. The van der Waals surface area contributed by atoms with Gasteiger partial charge in [-0.1, -0.05) is 6.92 Å². The van der Waals surface area contributed by atoms with Crippen molar-refractivity contribution >= 4 is 5.97 Å². The Morgan fingerprint density at radius 2 is 1.88 bits per heavy atom. The molecule has 1 heterocycles. The summed E-state index contributed by atoms with van der Waals surface area (Å²) < 4.78 is 0. The zero-order valence-electron chi connectivity index (χ0n) is 10.6. The van der Waals surface area contributed by atoms with Crippen LogP contribution in [0.2, 0.25) is 0 Å². The van der Waals surface area contributed by atoms with E-state index in [9.17, 15) is 9.90 Å². The van der Waals surface area contributed by atoms with Crippen molar-refractivity contribution in [2.75, 3.05) is 39.3 Å². The van der Waals surface area contributed by atoms with Gasteiger partial charge in [-0.3, -0.25) is 9.69 Å². The fourth-order valence-electron chi connectivity index (χ4n) is 2.28. The first-order valence-corrected chi connectivity index (χ1v) is 6.62. The van der Waals surface area contributed by atoms with Crippen molar-refractivity contribution in [3.63, 3.8) is 0 Å². The first-order chi connectivity index (χ1) is 8.19. The largest absolute Gasteiger partial charge is 0.480 e. The van der Waals surface area contributed by atoms with Crippen LogP contribution < -0.4 is 5.32 Å². The Morgan fingerprint density at radius 1 is 1.29 bits per heavy atom. The van der Waals surface area contributed by atoms with E-state index in [0.29, 0.717) is 12.6 Å². The minimum atomic E-state index is -0.713. The molecule has 1 unspecified atom stereocenters. The SMILES string of the molecule is CCN1CCN(CC(NC2CC2)C(=O)O)CC1.